The van der Waals surface area contributed by atoms with Crippen LogP contribution in [0.3, 0.4) is 0 Å². The van der Waals surface area contributed by atoms with E-state index in [1.165, 1.54) is 0 Å². The van der Waals surface area contributed by atoms with Crippen LogP contribution in [0.5, 0.6) is 0 Å². The van der Waals surface area contributed by atoms with E-state index >= 15 is 0 Å². The summed E-state index contributed by atoms with van der Waals surface area (Å²) >= 11 is 0. The molecule has 0 unspecified atom stereocenters. The predicted octanol–water partition coefficient (Wildman–Crippen LogP) is 2.75. The molecule has 3 rings (SSSR count). The fraction of sp³-hybridized carbons (Fsp3) is 0. The first kappa shape index (κ1) is 9.04. The second kappa shape index (κ2) is 3.42. The van der Waals surface area contributed by atoms with Crippen LogP contribution in [-0.2, 0) is 0 Å². The van der Waals surface area contributed by atoms with Crippen molar-refractivity contribution in [1.29, 1.82) is 0 Å². The van der Waals surface area contributed by atoms with E-state index in [1.807, 2.05) is 36.4 Å². The summed E-state index contributed by atoms with van der Waals surface area (Å²) in [7, 11) is 0. The van der Waals surface area contributed by atoms with Crippen LogP contribution in [0.25, 0.3) is 21.7 Å². The predicted molar refractivity (Wildman–Crippen MR) is 65.5 cm³/mol. The molecule has 1 heterocycles. The van der Waals surface area contributed by atoms with Gasteiger partial charge in [-0.15, -0.1) is 0 Å². The van der Waals surface area contributed by atoms with Crippen LogP contribution in [0.2, 0.25) is 0 Å². The Morgan fingerprint density at radius 1 is 0.875 bits per heavy atom. The molecule has 0 atom stereocenters. The first-order valence-electron chi connectivity index (χ1n) is 5.12. The van der Waals surface area contributed by atoms with E-state index in [0.717, 1.165) is 16.3 Å². The molecule has 0 aliphatic carbocycles. The third-order valence-electron chi connectivity index (χ3n) is 2.68. The molecule has 0 saturated heterocycles. The first-order valence-corrected chi connectivity index (χ1v) is 5.12. The van der Waals surface area contributed by atoms with Crippen LogP contribution in [0.15, 0.2) is 59.5 Å². The molecule has 0 aliphatic rings. The Bertz CT molecular complexity index is 734. The number of nitrogens with zero attached hydrogens (tertiary/aromatic N) is 1. The molecule has 16 heavy (non-hydrogen) atoms. The van der Waals surface area contributed by atoms with Gasteiger partial charge in [-0.05, 0) is 35.0 Å². The molecule has 2 aromatic carbocycles. The summed E-state index contributed by atoms with van der Waals surface area (Å²) in [5, 5.41) is 2.65. The van der Waals surface area contributed by atoms with Crippen molar-refractivity contribution in [2.75, 3.05) is 0 Å². The summed E-state index contributed by atoms with van der Waals surface area (Å²) in [6, 6.07) is 15.0. The van der Waals surface area contributed by atoms with Crippen molar-refractivity contribution in [2.24, 2.45) is 0 Å². The fourth-order valence-electron chi connectivity index (χ4n) is 1.88. The summed E-state index contributed by atoms with van der Waals surface area (Å²) in [6.07, 6.45) is 1.70. The van der Waals surface area contributed by atoms with Crippen LogP contribution in [-0.4, -0.2) is 4.98 Å². The van der Waals surface area contributed by atoms with Gasteiger partial charge in [0, 0.05) is 11.6 Å². The number of pyridine rings is 1. The van der Waals surface area contributed by atoms with Crippen LogP contribution in [0.4, 0.5) is 0 Å². The van der Waals surface area contributed by atoms with Crippen molar-refractivity contribution >= 4 is 21.7 Å². The molecule has 2 nitrogen and oxygen atoms in total. The number of hydrogen-bond donors (Lipinski definition) is 0. The van der Waals surface area contributed by atoms with Gasteiger partial charge in [0.15, 0.2) is 5.43 Å². The Balaban J connectivity index is 2.65. The Labute approximate surface area is 92.2 Å². The second-order valence-corrected chi connectivity index (χ2v) is 3.72. The van der Waals surface area contributed by atoms with Gasteiger partial charge < -0.3 is 0 Å². The van der Waals surface area contributed by atoms with Crippen LogP contribution in [0, 0.1) is 0 Å². The average molecular weight is 207 g/mol. The summed E-state index contributed by atoms with van der Waals surface area (Å²) < 4.78 is 0. The summed E-state index contributed by atoms with van der Waals surface area (Å²) in [5.74, 6) is 0. The minimum Gasteiger partial charge on any atom is -0.289 e. The number of rotatable bonds is 0. The molecular formula is C14H9NO. The molecule has 0 amide bonds. The lowest BCUT2D eigenvalue weighted by Crippen LogP contribution is -1.94. The number of aromatic nitrogens is 1. The Morgan fingerprint density at radius 3 is 2.44 bits per heavy atom. The minimum atomic E-state index is 0.0179. The van der Waals surface area contributed by atoms with E-state index in [2.05, 4.69) is 4.98 Å². The van der Waals surface area contributed by atoms with Gasteiger partial charge in [0.05, 0.1) is 5.52 Å². The number of fused-ring (bicyclic) bond motifs is 2. The van der Waals surface area contributed by atoms with Gasteiger partial charge in [-0.2, -0.15) is 0 Å². The lowest BCUT2D eigenvalue weighted by molar-refractivity contribution is 1.42. The molecule has 0 spiro atoms. The maximum Gasteiger partial charge on any atom is 0.188 e. The van der Waals surface area contributed by atoms with Gasteiger partial charge in [-0.1, -0.05) is 24.3 Å². The van der Waals surface area contributed by atoms with E-state index in [0.29, 0.717) is 5.39 Å². The Kier molecular flexibility index (Phi) is 1.93. The van der Waals surface area contributed by atoms with Gasteiger partial charge >= 0.3 is 0 Å². The Morgan fingerprint density at radius 2 is 1.62 bits per heavy atom. The lowest BCUT2D eigenvalue weighted by Gasteiger charge is -1.89. The highest BCUT2D eigenvalue weighted by Gasteiger charge is 1.98. The zero-order valence-corrected chi connectivity index (χ0v) is 8.55. The molecule has 0 aliphatic heterocycles. The van der Waals surface area contributed by atoms with E-state index in [-0.39, 0.29) is 5.43 Å². The van der Waals surface area contributed by atoms with Gasteiger partial charge in [0.2, 0.25) is 0 Å². The first-order chi connectivity index (χ1) is 7.84. The Hall–Kier alpha value is -2.22. The van der Waals surface area contributed by atoms with Crippen molar-refractivity contribution in [3.05, 3.63) is 65.0 Å². The van der Waals surface area contributed by atoms with Crippen molar-refractivity contribution in [2.45, 2.75) is 0 Å². The number of hydrogen-bond acceptors (Lipinski definition) is 2. The van der Waals surface area contributed by atoms with Crippen LogP contribution < -0.4 is 5.43 Å². The summed E-state index contributed by atoms with van der Waals surface area (Å²) in [5.41, 5.74) is 0.762. The van der Waals surface area contributed by atoms with Crippen LogP contribution >= 0.6 is 0 Å². The van der Waals surface area contributed by atoms with E-state index in [1.54, 1.807) is 18.3 Å². The highest BCUT2D eigenvalue weighted by molar-refractivity contribution is 5.91. The van der Waals surface area contributed by atoms with Crippen molar-refractivity contribution in [1.82, 2.24) is 4.98 Å². The van der Waals surface area contributed by atoms with E-state index < -0.39 is 0 Å². The molecule has 0 radical (unpaired) electrons. The minimum absolute atomic E-state index is 0.0179. The average Bonchev–Trinajstić information content (AvgIpc) is 2.45. The molecule has 0 N–H and O–H groups in total. The van der Waals surface area contributed by atoms with Gasteiger partial charge in [-0.25, -0.2) is 0 Å². The highest BCUT2D eigenvalue weighted by Crippen LogP contribution is 2.14. The molecule has 3 aromatic rings. The molecule has 1 aromatic heterocycles. The normalized spacial score (nSPS) is 10.8. The van der Waals surface area contributed by atoms with E-state index in [9.17, 15) is 4.79 Å². The van der Waals surface area contributed by atoms with Gasteiger partial charge in [-0.3, -0.25) is 9.78 Å². The summed E-state index contributed by atoms with van der Waals surface area (Å²) in [4.78, 5) is 16.2. The van der Waals surface area contributed by atoms with Crippen molar-refractivity contribution < 1.29 is 0 Å². The van der Waals surface area contributed by atoms with Crippen molar-refractivity contribution in [3.63, 3.8) is 0 Å². The smallest absolute Gasteiger partial charge is 0.188 e. The molecule has 0 fully saturated rings. The monoisotopic (exact) mass is 207 g/mol. The lowest BCUT2D eigenvalue weighted by atomic mass is 10.2. The maximum absolute atomic E-state index is 12.0. The second-order valence-electron chi connectivity index (χ2n) is 3.72. The summed E-state index contributed by atoms with van der Waals surface area (Å²) in [6.45, 7) is 0. The number of benzene rings is 1. The SMILES string of the molecule is O=c1cc2ccccc2cc2ncccc12. The van der Waals surface area contributed by atoms with Crippen molar-refractivity contribution in [3.8, 4) is 0 Å². The molecule has 0 saturated carbocycles. The third kappa shape index (κ3) is 1.36. The zero-order chi connectivity index (χ0) is 11.0. The zero-order valence-electron chi connectivity index (χ0n) is 8.55. The quantitative estimate of drug-likeness (QED) is 0.567. The topological polar surface area (TPSA) is 30.0 Å². The maximum atomic E-state index is 12.0. The third-order valence-corrected chi connectivity index (χ3v) is 2.68. The molecule has 0 bridgehead atoms. The van der Waals surface area contributed by atoms with Gasteiger partial charge in [0.1, 0.15) is 0 Å². The standard InChI is InChI=1S/C14H9NO/c16-14-9-11-5-2-1-4-10(11)8-13-12(14)6-3-7-15-13/h1-9H. The van der Waals surface area contributed by atoms with Crippen LogP contribution in [0.1, 0.15) is 0 Å². The van der Waals surface area contributed by atoms with Gasteiger partial charge in [0.25, 0.3) is 0 Å². The van der Waals surface area contributed by atoms with E-state index in [4.69, 9.17) is 0 Å². The molecular weight excluding hydrogens is 198 g/mol. The largest absolute Gasteiger partial charge is 0.289 e. The molecule has 76 valence electrons. The highest BCUT2D eigenvalue weighted by atomic mass is 16.1. The molecule has 2 heteroatoms. The fourth-order valence-corrected chi connectivity index (χ4v) is 1.88.